The van der Waals surface area contributed by atoms with Crippen molar-refractivity contribution in [2.24, 2.45) is 10.7 Å². The van der Waals surface area contributed by atoms with Crippen molar-refractivity contribution in [3.63, 3.8) is 0 Å². The Labute approximate surface area is 252 Å². The first-order chi connectivity index (χ1) is 20.5. The highest BCUT2D eigenvalue weighted by Gasteiger charge is 2.28. The van der Waals surface area contributed by atoms with Gasteiger partial charge < -0.3 is 31.2 Å². The van der Waals surface area contributed by atoms with Crippen LogP contribution in [0.5, 0.6) is 0 Å². The predicted molar refractivity (Wildman–Crippen MR) is 165 cm³/mol. The number of methoxy groups -OCH3 is 1. The molecule has 1 aliphatic rings. The molecule has 43 heavy (non-hydrogen) atoms. The number of amides is 2. The number of ether oxygens (including phenoxy) is 2. The molecule has 13 heteroatoms. The number of carbonyl (C=O) groups excluding carboxylic acids is 3. The zero-order valence-corrected chi connectivity index (χ0v) is 25.5. The van der Waals surface area contributed by atoms with Crippen LogP contribution in [0, 0.1) is 0 Å². The molecule has 0 aromatic carbocycles. The lowest BCUT2D eigenvalue weighted by atomic mass is 10.1. The number of nitrogens with one attached hydrogen (secondary N) is 1. The van der Waals surface area contributed by atoms with Crippen LogP contribution < -0.4 is 16.8 Å². The fraction of sp³-hybridized carbons (Fsp3) is 0.533. The summed E-state index contributed by atoms with van der Waals surface area (Å²) >= 11 is 0. The monoisotopic (exact) mass is 596 g/mol. The van der Waals surface area contributed by atoms with E-state index in [9.17, 15) is 14.4 Å². The second-order valence-electron chi connectivity index (χ2n) is 11.3. The first kappa shape index (κ1) is 33.1. The molecule has 0 atom stereocenters. The fourth-order valence-electron chi connectivity index (χ4n) is 4.55. The van der Waals surface area contributed by atoms with E-state index in [1.165, 1.54) is 13.3 Å². The van der Waals surface area contributed by atoms with E-state index in [1.54, 1.807) is 40.2 Å². The van der Waals surface area contributed by atoms with Crippen molar-refractivity contribution in [1.82, 2.24) is 25.0 Å². The van der Waals surface area contributed by atoms with Gasteiger partial charge in [-0.1, -0.05) is 18.9 Å². The minimum absolute atomic E-state index is 0.0582. The maximum atomic E-state index is 12.7. The van der Waals surface area contributed by atoms with E-state index in [0.717, 1.165) is 25.7 Å². The van der Waals surface area contributed by atoms with Crippen LogP contribution in [-0.2, 0) is 9.47 Å². The number of allylic oxidation sites excluding steroid dienone is 1. The Balaban J connectivity index is 1.34. The molecule has 0 spiro atoms. The molecule has 5 N–H and O–H groups in total. The summed E-state index contributed by atoms with van der Waals surface area (Å²) in [5.41, 5.74) is 13.2. The van der Waals surface area contributed by atoms with Crippen molar-refractivity contribution in [3.8, 4) is 0 Å². The van der Waals surface area contributed by atoms with Crippen molar-refractivity contribution < 1.29 is 23.9 Å². The Kier molecular flexibility index (Phi) is 12.1. The van der Waals surface area contributed by atoms with Gasteiger partial charge in [0.1, 0.15) is 11.3 Å². The Bertz CT molecular complexity index is 1310. The third-order valence-corrected chi connectivity index (χ3v) is 6.81. The summed E-state index contributed by atoms with van der Waals surface area (Å²) in [6.45, 7) is 7.79. The smallest absolute Gasteiger partial charge is 0.410 e. The van der Waals surface area contributed by atoms with Gasteiger partial charge in [0.25, 0.3) is 5.91 Å². The number of piperidine rings is 1. The van der Waals surface area contributed by atoms with Crippen molar-refractivity contribution in [3.05, 3.63) is 47.7 Å². The summed E-state index contributed by atoms with van der Waals surface area (Å²) in [7, 11) is 1.31. The summed E-state index contributed by atoms with van der Waals surface area (Å²) in [4.78, 5) is 47.1. The van der Waals surface area contributed by atoms with Crippen molar-refractivity contribution >= 4 is 35.4 Å². The number of aromatic nitrogens is 3. The number of pyridine rings is 1. The number of rotatable bonds is 12. The van der Waals surface area contributed by atoms with E-state index in [2.05, 4.69) is 20.4 Å². The predicted octanol–water partition coefficient (Wildman–Crippen LogP) is 3.58. The van der Waals surface area contributed by atoms with Gasteiger partial charge in [-0.25, -0.2) is 14.6 Å². The summed E-state index contributed by atoms with van der Waals surface area (Å²) in [6, 6.07) is 5.10. The van der Waals surface area contributed by atoms with Gasteiger partial charge in [-0.05, 0) is 58.6 Å². The zero-order valence-electron chi connectivity index (χ0n) is 25.5. The Morgan fingerprint density at radius 3 is 2.49 bits per heavy atom. The highest BCUT2D eigenvalue weighted by atomic mass is 16.6. The molecule has 2 aromatic rings. The average molecular weight is 597 g/mol. The first-order valence-electron chi connectivity index (χ1n) is 14.6. The normalized spacial score (nSPS) is 14.6. The second-order valence-corrected chi connectivity index (χ2v) is 11.3. The Hall–Kier alpha value is -4.42. The number of nitrogens with two attached hydrogens (primary N) is 2. The number of carbonyl (C=O) groups is 3. The van der Waals surface area contributed by atoms with Gasteiger partial charge in [0.2, 0.25) is 0 Å². The molecule has 0 unspecified atom stereocenters. The number of nitrogen functional groups attached to an aromatic ring is 1. The molecule has 2 amide bonds. The quantitative estimate of drug-likeness (QED) is 0.187. The van der Waals surface area contributed by atoms with Gasteiger partial charge in [-0.15, -0.1) is 0 Å². The minimum atomic E-state index is -0.532. The molecule has 2 aromatic heterocycles. The van der Waals surface area contributed by atoms with Gasteiger partial charge in [0.05, 0.1) is 24.5 Å². The highest BCUT2D eigenvalue weighted by molar-refractivity contribution is 6.09. The number of hydrogen-bond donors (Lipinski definition) is 3. The van der Waals surface area contributed by atoms with Crippen LogP contribution in [0.15, 0.2) is 35.6 Å². The van der Waals surface area contributed by atoms with Gasteiger partial charge in [-0.2, -0.15) is 5.10 Å². The highest BCUT2D eigenvalue weighted by Crippen LogP contribution is 2.25. The van der Waals surface area contributed by atoms with Crippen molar-refractivity contribution in [2.45, 2.75) is 70.9 Å². The minimum Gasteiger partial charge on any atom is -0.464 e. The fourth-order valence-corrected chi connectivity index (χ4v) is 4.55. The molecule has 0 saturated carbocycles. The summed E-state index contributed by atoms with van der Waals surface area (Å²) in [5, 5.41) is 7.36. The van der Waals surface area contributed by atoms with Gasteiger partial charge in [0, 0.05) is 50.4 Å². The maximum absolute atomic E-state index is 12.7. The third-order valence-electron chi connectivity index (χ3n) is 6.81. The van der Waals surface area contributed by atoms with Crippen LogP contribution in [0.4, 0.5) is 10.5 Å². The molecule has 1 fully saturated rings. The van der Waals surface area contributed by atoms with E-state index in [4.69, 9.17) is 20.9 Å². The van der Waals surface area contributed by atoms with Crippen molar-refractivity contribution in [1.29, 1.82) is 0 Å². The standard InChI is InChI=1S/C30H44N8O5/c1-30(2,3)43-29(41)37-16-12-22(13-17-37)38-20-23(32)26(36-38)27(39)34-15-8-6-5-7-14-33-19-21(18-31)24-10-9-11-25(35-24)28(40)42-4/h9-11,18-20,22H,5-8,12-17,31-32H2,1-4H3,(H,34,39). The summed E-state index contributed by atoms with van der Waals surface area (Å²) < 4.78 is 11.9. The van der Waals surface area contributed by atoms with E-state index in [1.807, 2.05) is 20.8 Å². The molecule has 3 heterocycles. The molecule has 234 valence electrons. The third kappa shape index (κ3) is 10.1. The van der Waals surface area contributed by atoms with Crippen LogP contribution in [0.1, 0.15) is 92.0 Å². The number of anilines is 1. The molecule has 13 nitrogen and oxygen atoms in total. The lowest BCUT2D eigenvalue weighted by molar-refractivity contribution is 0.0184. The first-order valence-corrected chi connectivity index (χ1v) is 14.6. The maximum Gasteiger partial charge on any atom is 0.410 e. The van der Waals surface area contributed by atoms with E-state index >= 15 is 0 Å². The summed E-state index contributed by atoms with van der Waals surface area (Å²) in [6.07, 6.45) is 9.41. The molecule has 3 rings (SSSR count). The van der Waals surface area contributed by atoms with Crippen LogP contribution in [0.3, 0.4) is 0 Å². The number of likely N-dealkylation sites (tertiary alicyclic amines) is 1. The lowest BCUT2D eigenvalue weighted by Gasteiger charge is -2.33. The molecule has 1 saturated heterocycles. The lowest BCUT2D eigenvalue weighted by Crippen LogP contribution is -2.42. The largest absolute Gasteiger partial charge is 0.464 e. The van der Waals surface area contributed by atoms with Gasteiger partial charge in [0.15, 0.2) is 5.69 Å². The number of aliphatic imine (C=N–C) groups is 1. The van der Waals surface area contributed by atoms with E-state index < -0.39 is 11.6 Å². The SMILES string of the molecule is COC(=O)c1cccc(C(C=NCCCCCCNC(=O)c2nn(C3CCN(C(=O)OC(C)(C)C)CC3)cc2N)=CN)n1. The number of nitrogens with zero attached hydrogens (tertiary/aromatic N) is 5. The van der Waals surface area contributed by atoms with Crippen LogP contribution >= 0.6 is 0 Å². The molecule has 1 aliphatic heterocycles. The topological polar surface area (TPSA) is 180 Å². The molecule has 0 bridgehead atoms. The average Bonchev–Trinajstić information content (AvgIpc) is 3.38. The van der Waals surface area contributed by atoms with Crippen LogP contribution in [0.25, 0.3) is 5.57 Å². The second kappa shape index (κ2) is 15.7. The van der Waals surface area contributed by atoms with Crippen LogP contribution in [0.2, 0.25) is 0 Å². The molecular weight excluding hydrogens is 552 g/mol. The van der Waals surface area contributed by atoms with Crippen molar-refractivity contribution in [2.75, 3.05) is 39.0 Å². The molecule has 0 aliphatic carbocycles. The van der Waals surface area contributed by atoms with Crippen LogP contribution in [-0.4, -0.2) is 82.7 Å². The zero-order chi connectivity index (χ0) is 31.4. The van der Waals surface area contributed by atoms with Gasteiger partial charge >= 0.3 is 12.1 Å². The Morgan fingerprint density at radius 1 is 1.12 bits per heavy atom. The number of esters is 1. The van der Waals surface area contributed by atoms with Gasteiger partial charge in [-0.3, -0.25) is 14.5 Å². The molecule has 0 radical (unpaired) electrons. The number of unbranched alkanes of at least 4 members (excludes halogenated alkanes) is 3. The number of hydrogen-bond acceptors (Lipinski definition) is 10. The van der Waals surface area contributed by atoms with E-state index in [0.29, 0.717) is 56.0 Å². The molecular formula is C30H44N8O5. The Morgan fingerprint density at radius 2 is 1.81 bits per heavy atom. The van der Waals surface area contributed by atoms with E-state index in [-0.39, 0.29) is 29.4 Å². The summed E-state index contributed by atoms with van der Waals surface area (Å²) in [5.74, 6) is -0.809.